The highest BCUT2D eigenvalue weighted by Crippen LogP contribution is 2.43. The van der Waals surface area contributed by atoms with E-state index >= 15 is 0 Å². The third-order valence-corrected chi connectivity index (χ3v) is 6.21. The van der Waals surface area contributed by atoms with Crippen molar-refractivity contribution in [1.82, 2.24) is 9.88 Å². The van der Waals surface area contributed by atoms with Crippen molar-refractivity contribution in [2.75, 3.05) is 27.3 Å². The van der Waals surface area contributed by atoms with Gasteiger partial charge in [-0.2, -0.15) is 0 Å². The number of aliphatic hydroxyl groups is 1. The van der Waals surface area contributed by atoms with Crippen molar-refractivity contribution >= 4 is 5.78 Å². The lowest BCUT2D eigenvalue weighted by atomic mass is 9.87. The quantitative estimate of drug-likeness (QED) is 0.600. The van der Waals surface area contributed by atoms with Crippen LogP contribution in [-0.4, -0.2) is 59.4 Å². The van der Waals surface area contributed by atoms with E-state index in [-0.39, 0.29) is 11.5 Å². The van der Waals surface area contributed by atoms with Crippen LogP contribution >= 0.6 is 0 Å². The monoisotopic (exact) mass is 442 g/mol. The van der Waals surface area contributed by atoms with Gasteiger partial charge in [0.15, 0.2) is 5.78 Å². The van der Waals surface area contributed by atoms with Gasteiger partial charge in [0.05, 0.1) is 14.2 Å². The molecule has 1 aromatic heterocycles. The van der Waals surface area contributed by atoms with Gasteiger partial charge in [-0.1, -0.05) is 13.8 Å². The number of likely N-dealkylation sites (tertiary alicyclic amines) is 1. The number of carbonyl (C=O) groups excluding carboxylic acids is 1. The van der Waals surface area contributed by atoms with Crippen molar-refractivity contribution in [2.45, 2.75) is 45.8 Å². The Bertz CT molecular complexity index is 921. The normalized spacial score (nSPS) is 21.1. The first-order chi connectivity index (χ1) is 15.2. The van der Waals surface area contributed by atoms with Gasteiger partial charge in [0, 0.05) is 54.2 Å². The summed E-state index contributed by atoms with van der Waals surface area (Å²) in [6.45, 7) is 7.54. The summed E-state index contributed by atoms with van der Waals surface area (Å²) in [6.07, 6.45) is 2.29. The summed E-state index contributed by atoms with van der Waals surface area (Å²) in [6, 6.07) is 6.75. The van der Waals surface area contributed by atoms with Crippen molar-refractivity contribution in [3.63, 3.8) is 0 Å². The Kier molecular flexibility index (Phi) is 7.74. The Morgan fingerprint density at radius 1 is 1.19 bits per heavy atom. The average molecular weight is 443 g/mol. The molecule has 4 atom stereocenters. The summed E-state index contributed by atoms with van der Waals surface area (Å²) in [4.78, 5) is 18.3. The lowest BCUT2D eigenvalue weighted by Gasteiger charge is -2.39. The summed E-state index contributed by atoms with van der Waals surface area (Å²) in [7, 11) is 3.06. The number of pyridine rings is 1. The average Bonchev–Trinajstić information content (AvgIpc) is 2.76. The molecule has 3 rings (SSSR count). The molecule has 4 unspecified atom stereocenters. The number of aromatic hydroxyl groups is 1. The molecule has 0 radical (unpaired) electrons. The van der Waals surface area contributed by atoms with E-state index in [9.17, 15) is 15.0 Å². The van der Waals surface area contributed by atoms with Gasteiger partial charge < -0.3 is 19.7 Å². The Morgan fingerprint density at radius 3 is 2.41 bits per heavy atom. The van der Waals surface area contributed by atoms with E-state index < -0.39 is 12.1 Å². The number of phenolic OH excluding ortho intramolecular Hbond substituents is 1. The van der Waals surface area contributed by atoms with Crippen LogP contribution in [0.15, 0.2) is 30.5 Å². The number of phenols is 1. The first kappa shape index (κ1) is 24.0. The van der Waals surface area contributed by atoms with Gasteiger partial charge >= 0.3 is 0 Å². The fourth-order valence-corrected chi connectivity index (χ4v) is 4.74. The van der Waals surface area contributed by atoms with E-state index in [4.69, 9.17) is 9.47 Å². The van der Waals surface area contributed by atoms with Crippen LogP contribution in [-0.2, 0) is 0 Å². The maximum absolute atomic E-state index is 11.7. The molecule has 1 aromatic carbocycles. The molecule has 0 saturated carbocycles. The number of aliphatic hydroxyl groups excluding tert-OH is 1. The van der Waals surface area contributed by atoms with Gasteiger partial charge in [-0.15, -0.1) is 0 Å². The summed E-state index contributed by atoms with van der Waals surface area (Å²) in [5.41, 5.74) is 1.69. The summed E-state index contributed by atoms with van der Waals surface area (Å²) < 4.78 is 10.8. The molecule has 0 amide bonds. The number of aromatic nitrogens is 1. The number of piperidine rings is 1. The number of nitrogens with zero attached hydrogens (tertiary/aromatic N) is 2. The largest absolute Gasteiger partial charge is 0.507 e. The zero-order valence-electron chi connectivity index (χ0n) is 19.5. The molecule has 0 spiro atoms. The third-order valence-electron chi connectivity index (χ3n) is 6.21. The molecule has 2 N–H and O–H groups in total. The molecule has 2 heterocycles. The van der Waals surface area contributed by atoms with E-state index in [1.54, 1.807) is 18.2 Å². The third kappa shape index (κ3) is 5.40. The minimum atomic E-state index is -0.717. The zero-order chi connectivity index (χ0) is 23.4. The van der Waals surface area contributed by atoms with Crippen LogP contribution in [0.1, 0.15) is 61.1 Å². The van der Waals surface area contributed by atoms with Gasteiger partial charge in [0.1, 0.15) is 23.5 Å². The summed E-state index contributed by atoms with van der Waals surface area (Å²) >= 11 is 0. The zero-order valence-corrected chi connectivity index (χ0v) is 19.5. The number of hydrogen-bond acceptors (Lipinski definition) is 7. The second kappa shape index (κ2) is 10.3. The number of methoxy groups -OCH3 is 2. The smallest absolute Gasteiger partial charge is 0.161 e. The first-order valence-electron chi connectivity index (χ1n) is 11.1. The standard InChI is InChI=1S/C25H34N2O5/c1-15-8-16(2)14-27(13-15)24(30)11-20(21-7-6-18(12-26-21)17(3)28)25-22(29)9-19(31-4)10-23(25)32-5/h6-7,9-10,12,15-16,20,24,29-30H,8,11,13-14H2,1-5H3. The molecule has 1 aliphatic heterocycles. The number of benzene rings is 1. The SMILES string of the molecule is COc1cc(O)c(C(CC(O)N2CC(C)CC(C)C2)c2ccc(C(C)=O)cn2)c(OC)c1. The molecule has 2 aromatic rings. The fraction of sp³-hybridized carbons (Fsp3) is 0.520. The lowest BCUT2D eigenvalue weighted by molar-refractivity contribution is -0.0396. The van der Waals surface area contributed by atoms with Crippen LogP contribution in [0.3, 0.4) is 0 Å². The summed E-state index contributed by atoms with van der Waals surface area (Å²) in [5, 5.41) is 22.1. The van der Waals surface area contributed by atoms with Gasteiger partial charge in [0.2, 0.25) is 0 Å². The van der Waals surface area contributed by atoms with Crippen LogP contribution in [0.2, 0.25) is 0 Å². The molecule has 7 heteroatoms. The van der Waals surface area contributed by atoms with E-state index in [0.29, 0.717) is 46.6 Å². The fourth-order valence-electron chi connectivity index (χ4n) is 4.74. The minimum absolute atomic E-state index is 0.0104. The van der Waals surface area contributed by atoms with Gasteiger partial charge in [0.25, 0.3) is 0 Å². The predicted molar refractivity (Wildman–Crippen MR) is 122 cm³/mol. The van der Waals surface area contributed by atoms with Crippen LogP contribution in [0.25, 0.3) is 0 Å². The molecular formula is C25H34N2O5. The molecule has 174 valence electrons. The molecule has 1 fully saturated rings. The number of Topliss-reactive ketones (excluding diaryl/α,β-unsaturated/α-hetero) is 1. The topological polar surface area (TPSA) is 92.1 Å². The summed E-state index contributed by atoms with van der Waals surface area (Å²) in [5.74, 6) is 1.43. The second-order valence-corrected chi connectivity index (χ2v) is 8.96. The Labute approximate surface area is 190 Å². The molecule has 1 saturated heterocycles. The lowest BCUT2D eigenvalue weighted by Crippen LogP contribution is -2.45. The van der Waals surface area contributed by atoms with Crippen molar-refractivity contribution in [3.05, 3.63) is 47.3 Å². The first-order valence-corrected chi connectivity index (χ1v) is 11.1. The maximum atomic E-state index is 11.7. The number of ether oxygens (including phenoxy) is 2. The van der Waals surface area contributed by atoms with E-state index in [1.807, 2.05) is 0 Å². The van der Waals surface area contributed by atoms with Crippen molar-refractivity contribution < 1.29 is 24.5 Å². The Hall–Kier alpha value is -2.64. The van der Waals surface area contributed by atoms with Crippen molar-refractivity contribution in [2.24, 2.45) is 11.8 Å². The van der Waals surface area contributed by atoms with E-state index in [2.05, 4.69) is 23.7 Å². The van der Waals surface area contributed by atoms with Gasteiger partial charge in [-0.25, -0.2) is 0 Å². The number of carbonyl (C=O) groups is 1. The van der Waals surface area contributed by atoms with Gasteiger partial charge in [-0.05, 0) is 43.7 Å². The highest BCUT2D eigenvalue weighted by Gasteiger charge is 2.32. The number of rotatable bonds is 8. The number of ketones is 1. The Balaban J connectivity index is 2.01. The highest BCUT2D eigenvalue weighted by atomic mass is 16.5. The highest BCUT2D eigenvalue weighted by molar-refractivity contribution is 5.93. The molecule has 7 nitrogen and oxygen atoms in total. The molecule has 32 heavy (non-hydrogen) atoms. The number of hydrogen-bond donors (Lipinski definition) is 2. The minimum Gasteiger partial charge on any atom is -0.507 e. The van der Waals surface area contributed by atoms with Crippen LogP contribution in [0.4, 0.5) is 0 Å². The van der Waals surface area contributed by atoms with Crippen LogP contribution in [0.5, 0.6) is 17.2 Å². The second-order valence-electron chi connectivity index (χ2n) is 8.96. The molecule has 0 aliphatic carbocycles. The van der Waals surface area contributed by atoms with Crippen LogP contribution < -0.4 is 9.47 Å². The van der Waals surface area contributed by atoms with Gasteiger partial charge in [-0.3, -0.25) is 14.7 Å². The predicted octanol–water partition coefficient (Wildman–Crippen LogP) is 3.83. The molecular weight excluding hydrogens is 408 g/mol. The Morgan fingerprint density at radius 2 is 1.88 bits per heavy atom. The molecule has 0 bridgehead atoms. The van der Waals surface area contributed by atoms with Crippen LogP contribution in [0, 0.1) is 11.8 Å². The van der Waals surface area contributed by atoms with Crippen molar-refractivity contribution in [3.8, 4) is 17.2 Å². The molecule has 1 aliphatic rings. The van der Waals surface area contributed by atoms with E-state index in [0.717, 1.165) is 19.5 Å². The van der Waals surface area contributed by atoms with E-state index in [1.165, 1.54) is 33.4 Å². The van der Waals surface area contributed by atoms with Crippen molar-refractivity contribution in [1.29, 1.82) is 0 Å². The maximum Gasteiger partial charge on any atom is 0.161 e.